The number of rotatable bonds is 6. The highest BCUT2D eigenvalue weighted by molar-refractivity contribution is 6.02. The summed E-state index contributed by atoms with van der Waals surface area (Å²) < 4.78 is 50.8. The second-order valence-corrected chi connectivity index (χ2v) is 5.01. The van der Waals surface area contributed by atoms with E-state index in [0.29, 0.717) is 17.1 Å². The Kier molecular flexibility index (Phi) is 6.11. The Morgan fingerprint density at radius 2 is 1.81 bits per heavy atom. The summed E-state index contributed by atoms with van der Waals surface area (Å²) in [6.07, 6.45) is -2.06. The van der Waals surface area contributed by atoms with Crippen molar-refractivity contribution in [1.82, 2.24) is 0 Å². The Balaban J connectivity index is 2.09. The van der Waals surface area contributed by atoms with Crippen molar-refractivity contribution in [2.75, 3.05) is 19.5 Å². The van der Waals surface area contributed by atoms with E-state index in [1.54, 1.807) is 18.2 Å². The van der Waals surface area contributed by atoms with E-state index >= 15 is 0 Å². The van der Waals surface area contributed by atoms with Gasteiger partial charge in [-0.3, -0.25) is 4.79 Å². The Morgan fingerprint density at radius 1 is 1.04 bits per heavy atom. The van der Waals surface area contributed by atoms with E-state index in [1.807, 2.05) is 0 Å². The van der Waals surface area contributed by atoms with Gasteiger partial charge in [0.05, 0.1) is 14.2 Å². The average molecular weight is 367 g/mol. The van der Waals surface area contributed by atoms with Gasteiger partial charge in [-0.2, -0.15) is 0 Å². The predicted molar refractivity (Wildman–Crippen MR) is 90.3 cm³/mol. The first-order valence-electron chi connectivity index (χ1n) is 7.37. The van der Waals surface area contributed by atoms with Gasteiger partial charge in [-0.05, 0) is 36.4 Å². The molecule has 2 rings (SSSR count). The summed E-state index contributed by atoms with van der Waals surface area (Å²) in [5.41, 5.74) is 0.773. The normalized spacial score (nSPS) is 11.3. The van der Waals surface area contributed by atoms with Crippen molar-refractivity contribution in [3.63, 3.8) is 0 Å². The number of benzene rings is 2. The van der Waals surface area contributed by atoms with Crippen LogP contribution in [-0.4, -0.2) is 26.5 Å². The molecule has 2 aromatic carbocycles. The highest BCUT2D eigenvalue weighted by Crippen LogP contribution is 2.26. The maximum absolute atomic E-state index is 12.2. The van der Waals surface area contributed by atoms with Gasteiger partial charge in [0.1, 0.15) is 17.2 Å². The van der Waals surface area contributed by atoms with Crippen LogP contribution in [0.2, 0.25) is 0 Å². The topological polar surface area (TPSA) is 56.8 Å². The van der Waals surface area contributed by atoms with E-state index < -0.39 is 18.0 Å². The summed E-state index contributed by atoms with van der Waals surface area (Å²) in [6, 6.07) is 10.1. The Bertz CT molecular complexity index is 803. The number of carbonyl (C=O) groups is 1. The molecule has 138 valence electrons. The van der Waals surface area contributed by atoms with Gasteiger partial charge in [-0.25, -0.2) is 0 Å². The van der Waals surface area contributed by atoms with Gasteiger partial charge in [0.2, 0.25) is 5.91 Å². The lowest BCUT2D eigenvalue weighted by atomic mass is 10.1. The van der Waals surface area contributed by atoms with Crippen molar-refractivity contribution in [2.45, 2.75) is 6.36 Å². The SMILES string of the molecule is COc1ccc(OC)c(/C=C/C(=O)Nc2cccc(OC(F)(F)F)c2)c1. The maximum atomic E-state index is 12.2. The Morgan fingerprint density at radius 3 is 2.46 bits per heavy atom. The fourth-order valence-electron chi connectivity index (χ4n) is 2.09. The second-order valence-electron chi connectivity index (χ2n) is 5.01. The highest BCUT2D eigenvalue weighted by Gasteiger charge is 2.31. The highest BCUT2D eigenvalue weighted by atomic mass is 19.4. The Hall–Kier alpha value is -3.16. The molecule has 5 nitrogen and oxygen atoms in total. The summed E-state index contributed by atoms with van der Waals surface area (Å²) in [6.45, 7) is 0. The van der Waals surface area contributed by atoms with Crippen LogP contribution < -0.4 is 19.5 Å². The standard InChI is InChI=1S/C18H16F3NO4/c1-24-14-7-8-16(25-2)12(10-14)6-9-17(23)22-13-4-3-5-15(11-13)26-18(19,20)21/h3-11H,1-2H3,(H,22,23)/b9-6+. The van der Waals surface area contributed by atoms with E-state index in [-0.39, 0.29) is 5.69 Å². The lowest BCUT2D eigenvalue weighted by Gasteiger charge is -2.10. The molecule has 8 heteroatoms. The van der Waals surface area contributed by atoms with Crippen molar-refractivity contribution in [3.05, 3.63) is 54.1 Å². The number of hydrogen-bond acceptors (Lipinski definition) is 4. The Labute approximate surface area is 148 Å². The number of amides is 1. The molecule has 0 aliphatic carbocycles. The number of anilines is 1. The molecule has 1 amide bonds. The summed E-state index contributed by atoms with van der Waals surface area (Å²) >= 11 is 0. The molecule has 26 heavy (non-hydrogen) atoms. The van der Waals surface area contributed by atoms with E-state index in [9.17, 15) is 18.0 Å². The molecule has 0 heterocycles. The lowest BCUT2D eigenvalue weighted by molar-refractivity contribution is -0.274. The molecule has 0 spiro atoms. The zero-order valence-electron chi connectivity index (χ0n) is 14.0. The number of methoxy groups -OCH3 is 2. The zero-order valence-corrected chi connectivity index (χ0v) is 14.0. The van der Waals surface area contributed by atoms with Crippen LogP contribution in [0.3, 0.4) is 0 Å². The van der Waals surface area contributed by atoms with Crippen LogP contribution in [0, 0.1) is 0 Å². The van der Waals surface area contributed by atoms with Crippen molar-refractivity contribution in [3.8, 4) is 17.2 Å². The van der Waals surface area contributed by atoms with Gasteiger partial charge in [-0.15, -0.1) is 13.2 Å². The molecular formula is C18H16F3NO4. The first kappa shape index (κ1) is 19.2. The molecule has 0 aromatic heterocycles. The van der Waals surface area contributed by atoms with Gasteiger partial charge in [0.25, 0.3) is 0 Å². The number of halogens is 3. The van der Waals surface area contributed by atoms with E-state index in [4.69, 9.17) is 9.47 Å². The fourth-order valence-corrected chi connectivity index (χ4v) is 2.09. The fraction of sp³-hybridized carbons (Fsp3) is 0.167. The van der Waals surface area contributed by atoms with Crippen LogP contribution in [0.25, 0.3) is 6.08 Å². The molecule has 1 N–H and O–H groups in total. The lowest BCUT2D eigenvalue weighted by Crippen LogP contribution is -2.17. The minimum absolute atomic E-state index is 0.166. The number of nitrogens with one attached hydrogen (secondary N) is 1. The molecule has 0 bridgehead atoms. The molecule has 0 saturated heterocycles. The molecule has 0 aliphatic heterocycles. The smallest absolute Gasteiger partial charge is 0.497 e. The summed E-state index contributed by atoms with van der Waals surface area (Å²) in [5.74, 6) is 0.172. The van der Waals surface area contributed by atoms with E-state index in [1.165, 1.54) is 38.5 Å². The largest absolute Gasteiger partial charge is 0.573 e. The van der Waals surface area contributed by atoms with Gasteiger partial charge in [0, 0.05) is 23.4 Å². The van der Waals surface area contributed by atoms with Crippen molar-refractivity contribution < 1.29 is 32.2 Å². The zero-order chi connectivity index (χ0) is 19.2. The number of ether oxygens (including phenoxy) is 3. The van der Waals surface area contributed by atoms with Crippen LogP contribution in [0.5, 0.6) is 17.2 Å². The number of alkyl halides is 3. The van der Waals surface area contributed by atoms with Crippen molar-refractivity contribution in [1.29, 1.82) is 0 Å². The molecular weight excluding hydrogens is 351 g/mol. The molecule has 0 atom stereocenters. The van der Waals surface area contributed by atoms with E-state index in [0.717, 1.165) is 12.1 Å². The third-order valence-electron chi connectivity index (χ3n) is 3.19. The number of hydrogen-bond donors (Lipinski definition) is 1. The van der Waals surface area contributed by atoms with Crippen molar-refractivity contribution >= 4 is 17.7 Å². The summed E-state index contributed by atoms with van der Waals surface area (Å²) in [5, 5.41) is 2.46. The van der Waals surface area contributed by atoms with Crippen LogP contribution in [0.1, 0.15) is 5.56 Å². The molecule has 0 aliphatic rings. The second kappa shape index (κ2) is 8.28. The summed E-state index contributed by atoms with van der Waals surface area (Å²) in [4.78, 5) is 12.0. The molecule has 2 aromatic rings. The molecule has 0 saturated carbocycles. The van der Waals surface area contributed by atoms with Crippen molar-refractivity contribution in [2.24, 2.45) is 0 Å². The minimum Gasteiger partial charge on any atom is -0.497 e. The number of carbonyl (C=O) groups excluding carboxylic acids is 1. The quantitative estimate of drug-likeness (QED) is 0.776. The van der Waals surface area contributed by atoms with Crippen LogP contribution in [0.15, 0.2) is 48.5 Å². The van der Waals surface area contributed by atoms with Crippen LogP contribution in [0.4, 0.5) is 18.9 Å². The minimum atomic E-state index is -4.80. The predicted octanol–water partition coefficient (Wildman–Crippen LogP) is 4.25. The van der Waals surface area contributed by atoms with Gasteiger partial charge < -0.3 is 19.5 Å². The van der Waals surface area contributed by atoms with Crippen LogP contribution in [-0.2, 0) is 4.79 Å². The third kappa shape index (κ3) is 5.73. The monoisotopic (exact) mass is 367 g/mol. The van der Waals surface area contributed by atoms with E-state index in [2.05, 4.69) is 10.1 Å². The first-order chi connectivity index (χ1) is 12.3. The van der Waals surface area contributed by atoms with Gasteiger partial charge in [-0.1, -0.05) is 6.07 Å². The maximum Gasteiger partial charge on any atom is 0.573 e. The molecule has 0 unspecified atom stereocenters. The first-order valence-corrected chi connectivity index (χ1v) is 7.37. The molecule has 0 radical (unpaired) electrons. The molecule has 0 fully saturated rings. The summed E-state index contributed by atoms with van der Waals surface area (Å²) in [7, 11) is 3.00. The van der Waals surface area contributed by atoms with Gasteiger partial charge >= 0.3 is 6.36 Å². The average Bonchev–Trinajstić information content (AvgIpc) is 2.58. The van der Waals surface area contributed by atoms with Gasteiger partial charge in [0.15, 0.2) is 0 Å². The third-order valence-corrected chi connectivity index (χ3v) is 3.19. The van der Waals surface area contributed by atoms with Crippen LogP contribution >= 0.6 is 0 Å².